The van der Waals surface area contributed by atoms with Gasteiger partial charge in [-0.1, -0.05) is 30.3 Å². The summed E-state index contributed by atoms with van der Waals surface area (Å²) in [4.78, 5) is 35.8. The van der Waals surface area contributed by atoms with E-state index in [-0.39, 0.29) is 6.42 Å². The van der Waals surface area contributed by atoms with Crippen molar-refractivity contribution in [2.45, 2.75) is 12.8 Å². The third-order valence-electron chi connectivity index (χ3n) is 5.14. The summed E-state index contributed by atoms with van der Waals surface area (Å²) in [6, 6.07) is 18.4. The summed E-state index contributed by atoms with van der Waals surface area (Å²) in [5.74, 6) is -1.24. The van der Waals surface area contributed by atoms with Crippen LogP contribution in [0.3, 0.4) is 0 Å². The lowest BCUT2D eigenvalue weighted by Crippen LogP contribution is -2.25. The molecule has 0 radical (unpaired) electrons. The van der Waals surface area contributed by atoms with Gasteiger partial charge in [-0.15, -0.1) is 0 Å². The maximum atomic E-state index is 12.7. The standard InChI is InChI=1S/C24H19NO6/c1-25-19-13-17(31-16-7-6-14-4-2-3-5-15(14)12-16)8-9-18(19)23(29)22(24(25)30)20(26)10-11-21(27)28/h2-9,12-13,29H,10-11H2,1H3,(H,27,28). The molecule has 0 unspecified atom stereocenters. The van der Waals surface area contributed by atoms with Gasteiger partial charge in [0.25, 0.3) is 5.56 Å². The number of aryl methyl sites for hydroxylation is 1. The lowest BCUT2D eigenvalue weighted by atomic mass is 10.0. The summed E-state index contributed by atoms with van der Waals surface area (Å²) in [6.07, 6.45) is -0.787. The number of carbonyl (C=O) groups is 2. The molecule has 0 spiro atoms. The molecule has 0 aliphatic carbocycles. The molecule has 0 atom stereocenters. The van der Waals surface area contributed by atoms with Crippen LogP contribution in [-0.2, 0) is 11.8 Å². The first kappa shape index (κ1) is 20.2. The van der Waals surface area contributed by atoms with E-state index in [1.165, 1.54) is 11.6 Å². The summed E-state index contributed by atoms with van der Waals surface area (Å²) in [7, 11) is 1.48. The first-order valence-corrected chi connectivity index (χ1v) is 9.62. The van der Waals surface area contributed by atoms with E-state index in [0.717, 1.165) is 10.8 Å². The van der Waals surface area contributed by atoms with Crippen molar-refractivity contribution in [3.63, 3.8) is 0 Å². The number of carboxylic acids is 1. The SMILES string of the molecule is Cn1c(=O)c(C(=O)CCC(=O)O)c(O)c2ccc(Oc3ccc4ccccc4c3)cc21. The zero-order valence-electron chi connectivity index (χ0n) is 16.7. The molecule has 1 heterocycles. The third kappa shape index (κ3) is 3.85. The minimum absolute atomic E-state index is 0.298. The van der Waals surface area contributed by atoms with Gasteiger partial charge >= 0.3 is 5.97 Å². The molecule has 0 aliphatic heterocycles. The number of pyridine rings is 1. The lowest BCUT2D eigenvalue weighted by Gasteiger charge is -2.13. The van der Waals surface area contributed by atoms with Crippen LogP contribution in [0.5, 0.6) is 17.2 Å². The molecule has 0 amide bonds. The number of ether oxygens (including phenoxy) is 1. The highest BCUT2D eigenvalue weighted by molar-refractivity contribution is 6.04. The number of hydrogen-bond acceptors (Lipinski definition) is 5. The number of carboxylic acid groups (broad SMARTS) is 1. The number of ketones is 1. The summed E-state index contributed by atoms with van der Waals surface area (Å²) in [6.45, 7) is 0. The van der Waals surface area contributed by atoms with Gasteiger partial charge in [0, 0.05) is 24.9 Å². The van der Waals surface area contributed by atoms with E-state index in [2.05, 4.69) is 0 Å². The number of nitrogens with zero attached hydrogens (tertiary/aromatic N) is 1. The van der Waals surface area contributed by atoms with Crippen molar-refractivity contribution in [3.05, 3.63) is 76.6 Å². The number of hydrogen-bond donors (Lipinski definition) is 2. The maximum absolute atomic E-state index is 12.7. The molecule has 7 nitrogen and oxygen atoms in total. The Kier molecular flexibility index (Phi) is 5.17. The molecule has 0 bridgehead atoms. The topological polar surface area (TPSA) is 106 Å². The smallest absolute Gasteiger partial charge is 0.303 e. The minimum atomic E-state index is -1.15. The lowest BCUT2D eigenvalue weighted by molar-refractivity contribution is -0.136. The average Bonchev–Trinajstić information content (AvgIpc) is 2.76. The molecule has 7 heteroatoms. The van der Waals surface area contributed by atoms with Crippen molar-refractivity contribution in [2.24, 2.45) is 7.05 Å². The van der Waals surface area contributed by atoms with Gasteiger partial charge in [0.15, 0.2) is 5.78 Å². The van der Waals surface area contributed by atoms with Gasteiger partial charge in [0.1, 0.15) is 22.8 Å². The van der Waals surface area contributed by atoms with Crippen molar-refractivity contribution in [3.8, 4) is 17.2 Å². The molecule has 31 heavy (non-hydrogen) atoms. The zero-order valence-corrected chi connectivity index (χ0v) is 16.7. The van der Waals surface area contributed by atoms with E-state index in [1.54, 1.807) is 18.2 Å². The number of aromatic hydroxyl groups is 1. The number of fused-ring (bicyclic) bond motifs is 2. The predicted molar refractivity (Wildman–Crippen MR) is 116 cm³/mol. The van der Waals surface area contributed by atoms with Gasteiger partial charge in [-0.25, -0.2) is 0 Å². The molecular formula is C24H19NO6. The Hall–Kier alpha value is -4.13. The van der Waals surface area contributed by atoms with E-state index in [0.29, 0.717) is 22.4 Å². The Morgan fingerprint density at radius 3 is 2.35 bits per heavy atom. The third-order valence-corrected chi connectivity index (χ3v) is 5.14. The fourth-order valence-corrected chi connectivity index (χ4v) is 3.53. The molecular weight excluding hydrogens is 398 g/mol. The second kappa shape index (κ2) is 7.95. The first-order chi connectivity index (χ1) is 14.8. The molecule has 4 rings (SSSR count). The highest BCUT2D eigenvalue weighted by atomic mass is 16.5. The van der Waals surface area contributed by atoms with Crippen LogP contribution in [0.4, 0.5) is 0 Å². The van der Waals surface area contributed by atoms with Crippen LogP contribution in [0.2, 0.25) is 0 Å². The Labute approximate surface area is 176 Å². The number of carbonyl (C=O) groups excluding carboxylic acids is 1. The van der Waals surface area contributed by atoms with Crippen molar-refractivity contribution in [1.82, 2.24) is 4.57 Å². The van der Waals surface area contributed by atoms with Crippen LogP contribution in [0.25, 0.3) is 21.7 Å². The Bertz CT molecular complexity index is 1400. The van der Waals surface area contributed by atoms with E-state index in [4.69, 9.17) is 9.84 Å². The minimum Gasteiger partial charge on any atom is -0.506 e. The van der Waals surface area contributed by atoms with Gasteiger partial charge in [0.2, 0.25) is 0 Å². The van der Waals surface area contributed by atoms with Gasteiger partial charge < -0.3 is 19.5 Å². The fourth-order valence-electron chi connectivity index (χ4n) is 3.53. The predicted octanol–water partition coefficient (Wildman–Crippen LogP) is 4.24. The Morgan fingerprint density at radius 1 is 0.935 bits per heavy atom. The molecule has 0 saturated carbocycles. The zero-order chi connectivity index (χ0) is 22.1. The van der Waals surface area contributed by atoms with Gasteiger partial charge in [-0.3, -0.25) is 14.4 Å². The van der Waals surface area contributed by atoms with Crippen molar-refractivity contribution in [1.29, 1.82) is 0 Å². The molecule has 156 valence electrons. The van der Waals surface area contributed by atoms with Gasteiger partial charge in [0.05, 0.1) is 11.9 Å². The summed E-state index contributed by atoms with van der Waals surface area (Å²) >= 11 is 0. The van der Waals surface area contributed by atoms with Crippen LogP contribution >= 0.6 is 0 Å². The van der Waals surface area contributed by atoms with Crippen molar-refractivity contribution in [2.75, 3.05) is 0 Å². The number of aliphatic carboxylic acids is 1. The summed E-state index contributed by atoms with van der Waals surface area (Å²) in [5.41, 5.74) is -0.710. The molecule has 3 aromatic carbocycles. The summed E-state index contributed by atoms with van der Waals surface area (Å²) in [5, 5.41) is 21.7. The van der Waals surface area contributed by atoms with Gasteiger partial charge in [-0.2, -0.15) is 0 Å². The van der Waals surface area contributed by atoms with Crippen LogP contribution < -0.4 is 10.3 Å². The van der Waals surface area contributed by atoms with Crippen molar-refractivity contribution < 1.29 is 24.5 Å². The van der Waals surface area contributed by atoms with E-state index in [1.807, 2.05) is 42.5 Å². The highest BCUT2D eigenvalue weighted by Crippen LogP contribution is 2.32. The highest BCUT2D eigenvalue weighted by Gasteiger charge is 2.22. The normalized spacial score (nSPS) is 11.0. The molecule has 2 N–H and O–H groups in total. The number of benzene rings is 3. The number of Topliss-reactive ketones (excluding diaryl/α,β-unsaturated/α-hetero) is 1. The average molecular weight is 417 g/mol. The van der Waals surface area contributed by atoms with E-state index >= 15 is 0 Å². The Balaban J connectivity index is 1.72. The largest absolute Gasteiger partial charge is 0.506 e. The quantitative estimate of drug-likeness (QED) is 0.455. The second-order valence-corrected chi connectivity index (χ2v) is 7.19. The van der Waals surface area contributed by atoms with Crippen LogP contribution in [0, 0.1) is 0 Å². The maximum Gasteiger partial charge on any atom is 0.303 e. The van der Waals surface area contributed by atoms with Crippen LogP contribution in [-0.4, -0.2) is 26.5 Å². The Morgan fingerprint density at radius 2 is 1.61 bits per heavy atom. The molecule has 1 aromatic heterocycles. The number of rotatable bonds is 6. The second-order valence-electron chi connectivity index (χ2n) is 7.19. The molecule has 4 aromatic rings. The molecule has 0 saturated heterocycles. The van der Waals surface area contributed by atoms with Gasteiger partial charge in [-0.05, 0) is 35.0 Å². The monoisotopic (exact) mass is 417 g/mol. The molecule has 0 fully saturated rings. The first-order valence-electron chi connectivity index (χ1n) is 9.62. The summed E-state index contributed by atoms with van der Waals surface area (Å²) < 4.78 is 7.19. The van der Waals surface area contributed by atoms with Crippen molar-refractivity contribution >= 4 is 33.4 Å². The van der Waals surface area contributed by atoms with E-state index in [9.17, 15) is 19.5 Å². The van der Waals surface area contributed by atoms with Crippen LogP contribution in [0.1, 0.15) is 23.2 Å². The fraction of sp³-hybridized carbons (Fsp3) is 0.125. The van der Waals surface area contributed by atoms with Crippen LogP contribution in [0.15, 0.2) is 65.5 Å². The van der Waals surface area contributed by atoms with E-state index < -0.39 is 35.0 Å². The molecule has 0 aliphatic rings. The number of aromatic nitrogens is 1.